The van der Waals surface area contributed by atoms with Gasteiger partial charge in [0.2, 0.25) is 0 Å². The van der Waals surface area contributed by atoms with E-state index in [2.05, 4.69) is 5.10 Å². The quantitative estimate of drug-likeness (QED) is 0.773. The maximum Gasteiger partial charge on any atom is 0.357 e. The van der Waals surface area contributed by atoms with Crippen molar-refractivity contribution in [2.24, 2.45) is 0 Å². The number of rotatable bonds is 4. The lowest BCUT2D eigenvalue weighted by Crippen LogP contribution is -2.28. The fraction of sp³-hybridized carbons (Fsp3) is 0.0476. The number of hydrogen-bond acceptors (Lipinski definition) is 4. The minimum absolute atomic E-state index is 0.0113. The molecule has 0 spiro atoms. The van der Waals surface area contributed by atoms with Crippen LogP contribution in [0.3, 0.4) is 0 Å². The summed E-state index contributed by atoms with van der Waals surface area (Å²) in [5.74, 6) is -1.32. The van der Waals surface area contributed by atoms with E-state index in [1.165, 1.54) is 6.08 Å². The number of para-hydroxylation sites is 1. The van der Waals surface area contributed by atoms with Gasteiger partial charge in [-0.15, -0.1) is 0 Å². The highest BCUT2D eigenvalue weighted by Crippen LogP contribution is 2.16. The van der Waals surface area contributed by atoms with Gasteiger partial charge in [-0.2, -0.15) is 15.0 Å². The molecule has 3 aromatic rings. The van der Waals surface area contributed by atoms with Gasteiger partial charge in [-0.1, -0.05) is 60.2 Å². The molecule has 6 nitrogen and oxygen atoms in total. The molecule has 132 valence electrons. The topological polar surface area (TPSA) is 96.0 Å². The summed E-state index contributed by atoms with van der Waals surface area (Å²) in [6.07, 6.45) is 3.09. The zero-order valence-corrected chi connectivity index (χ0v) is 14.5. The first-order valence-corrected chi connectivity index (χ1v) is 8.12. The maximum atomic E-state index is 12.7. The molecule has 0 atom stereocenters. The highest BCUT2D eigenvalue weighted by atomic mass is 16.4. The Hall–Kier alpha value is -3.98. The molecular formula is C21H15N3O3. The van der Waals surface area contributed by atoms with Crippen LogP contribution >= 0.6 is 0 Å². The number of aryl methyl sites for hydroxylation is 1. The van der Waals surface area contributed by atoms with Gasteiger partial charge in [0.15, 0.2) is 5.69 Å². The van der Waals surface area contributed by atoms with E-state index in [1.54, 1.807) is 36.4 Å². The average Bonchev–Trinajstić information content (AvgIpc) is 2.68. The Morgan fingerprint density at radius 1 is 1.11 bits per heavy atom. The third kappa shape index (κ3) is 3.67. The van der Waals surface area contributed by atoms with Crippen molar-refractivity contribution in [1.82, 2.24) is 9.78 Å². The molecule has 0 aliphatic carbocycles. The highest BCUT2D eigenvalue weighted by Gasteiger charge is 2.20. The Morgan fingerprint density at radius 2 is 1.78 bits per heavy atom. The SMILES string of the molecule is Cc1ccc(/C=C\c2c(C(=O)O)nn(-c3ccccc3)c(=O)c2C#N)cc1. The second-order valence-electron chi connectivity index (χ2n) is 5.85. The summed E-state index contributed by atoms with van der Waals surface area (Å²) in [6, 6.07) is 17.7. The van der Waals surface area contributed by atoms with E-state index in [-0.39, 0.29) is 16.8 Å². The Bertz CT molecular complexity index is 1120. The monoisotopic (exact) mass is 357 g/mol. The van der Waals surface area contributed by atoms with Crippen LogP contribution in [0.15, 0.2) is 59.4 Å². The molecule has 6 heteroatoms. The number of carboxylic acids is 1. The maximum absolute atomic E-state index is 12.7. The van der Waals surface area contributed by atoms with Crippen LogP contribution in [-0.4, -0.2) is 20.9 Å². The number of benzene rings is 2. The van der Waals surface area contributed by atoms with E-state index in [0.717, 1.165) is 15.8 Å². The van der Waals surface area contributed by atoms with Crippen LogP contribution in [-0.2, 0) is 0 Å². The van der Waals surface area contributed by atoms with Crippen LogP contribution in [0, 0.1) is 18.3 Å². The zero-order valence-electron chi connectivity index (χ0n) is 14.5. The molecule has 1 heterocycles. The van der Waals surface area contributed by atoms with Crippen LogP contribution in [0.1, 0.15) is 32.7 Å². The fourth-order valence-corrected chi connectivity index (χ4v) is 2.57. The summed E-state index contributed by atoms with van der Waals surface area (Å²) in [7, 11) is 0. The molecule has 2 aromatic carbocycles. The lowest BCUT2D eigenvalue weighted by atomic mass is 10.1. The van der Waals surface area contributed by atoms with Crippen LogP contribution in [0.5, 0.6) is 0 Å². The minimum Gasteiger partial charge on any atom is -0.476 e. The Morgan fingerprint density at radius 3 is 2.37 bits per heavy atom. The fourth-order valence-electron chi connectivity index (χ4n) is 2.57. The van der Waals surface area contributed by atoms with Crippen molar-refractivity contribution in [3.05, 3.63) is 92.9 Å². The summed E-state index contributed by atoms with van der Waals surface area (Å²) in [5, 5.41) is 23.0. The average molecular weight is 357 g/mol. The predicted molar refractivity (Wildman–Crippen MR) is 102 cm³/mol. The first-order valence-electron chi connectivity index (χ1n) is 8.12. The third-order valence-corrected chi connectivity index (χ3v) is 3.97. The molecule has 0 radical (unpaired) electrons. The largest absolute Gasteiger partial charge is 0.476 e. The summed E-state index contributed by atoms with van der Waals surface area (Å²) in [4.78, 5) is 24.4. The Labute approximate surface area is 155 Å². The van der Waals surface area contributed by atoms with Gasteiger partial charge in [0.05, 0.1) is 5.69 Å². The van der Waals surface area contributed by atoms with Crippen molar-refractivity contribution >= 4 is 18.1 Å². The van der Waals surface area contributed by atoms with Gasteiger partial charge >= 0.3 is 5.97 Å². The third-order valence-electron chi connectivity index (χ3n) is 3.97. The van der Waals surface area contributed by atoms with Crippen LogP contribution in [0.25, 0.3) is 17.8 Å². The molecule has 0 fully saturated rings. The van der Waals surface area contributed by atoms with Gasteiger partial charge in [0.25, 0.3) is 5.56 Å². The second kappa shape index (κ2) is 7.50. The number of nitriles is 1. The van der Waals surface area contributed by atoms with Crippen molar-refractivity contribution in [1.29, 1.82) is 5.26 Å². The number of carbonyl (C=O) groups is 1. The van der Waals surface area contributed by atoms with Crippen molar-refractivity contribution < 1.29 is 9.90 Å². The molecule has 0 bridgehead atoms. The van der Waals surface area contributed by atoms with E-state index in [1.807, 2.05) is 37.3 Å². The van der Waals surface area contributed by atoms with Crippen molar-refractivity contribution in [3.8, 4) is 11.8 Å². The van der Waals surface area contributed by atoms with Crippen molar-refractivity contribution in [2.45, 2.75) is 6.92 Å². The van der Waals surface area contributed by atoms with Gasteiger partial charge < -0.3 is 5.11 Å². The van der Waals surface area contributed by atoms with Crippen LogP contribution in [0.2, 0.25) is 0 Å². The standard InChI is InChI=1S/C21H15N3O3/c1-14-7-9-15(10-8-14)11-12-17-18(13-22)20(25)24(23-19(17)21(26)27)16-5-3-2-4-6-16/h2-12H,1H3,(H,26,27)/b12-11-. The summed E-state index contributed by atoms with van der Waals surface area (Å²) < 4.78 is 0.936. The summed E-state index contributed by atoms with van der Waals surface area (Å²) in [6.45, 7) is 1.96. The van der Waals surface area contributed by atoms with Crippen molar-refractivity contribution in [2.75, 3.05) is 0 Å². The first-order chi connectivity index (χ1) is 13.0. The number of aromatic nitrogens is 2. The van der Waals surface area contributed by atoms with Crippen molar-refractivity contribution in [3.63, 3.8) is 0 Å². The number of nitrogens with zero attached hydrogens (tertiary/aromatic N) is 3. The van der Waals surface area contributed by atoms with E-state index < -0.39 is 11.5 Å². The summed E-state index contributed by atoms with van der Waals surface area (Å²) >= 11 is 0. The lowest BCUT2D eigenvalue weighted by Gasteiger charge is -2.09. The highest BCUT2D eigenvalue weighted by molar-refractivity contribution is 5.92. The van der Waals surface area contributed by atoms with Crippen LogP contribution < -0.4 is 5.56 Å². The van der Waals surface area contributed by atoms with E-state index >= 15 is 0 Å². The first kappa shape index (κ1) is 17.8. The van der Waals surface area contributed by atoms with Gasteiger partial charge in [-0.3, -0.25) is 4.79 Å². The summed E-state index contributed by atoms with van der Waals surface area (Å²) in [5.41, 5.74) is 0.972. The molecule has 3 rings (SSSR count). The molecule has 0 saturated carbocycles. The molecule has 27 heavy (non-hydrogen) atoms. The molecule has 0 amide bonds. The van der Waals surface area contributed by atoms with Gasteiger partial charge in [0.1, 0.15) is 11.6 Å². The second-order valence-corrected chi connectivity index (χ2v) is 5.85. The van der Waals surface area contributed by atoms with E-state index in [0.29, 0.717) is 5.69 Å². The zero-order chi connectivity index (χ0) is 19.4. The predicted octanol–water partition coefficient (Wildman–Crippen LogP) is 3.28. The molecular weight excluding hydrogens is 342 g/mol. The van der Waals surface area contributed by atoms with E-state index in [4.69, 9.17) is 0 Å². The van der Waals surface area contributed by atoms with Crippen LogP contribution in [0.4, 0.5) is 0 Å². The molecule has 1 aromatic heterocycles. The van der Waals surface area contributed by atoms with E-state index in [9.17, 15) is 20.0 Å². The van der Waals surface area contributed by atoms with Gasteiger partial charge in [-0.25, -0.2) is 4.79 Å². The van der Waals surface area contributed by atoms with Gasteiger partial charge in [-0.05, 0) is 24.6 Å². The van der Waals surface area contributed by atoms with Gasteiger partial charge in [0, 0.05) is 5.56 Å². The molecule has 0 aliphatic heterocycles. The smallest absolute Gasteiger partial charge is 0.357 e. The molecule has 0 saturated heterocycles. The number of carboxylic acid groups (broad SMARTS) is 1. The minimum atomic E-state index is -1.32. The molecule has 0 aliphatic rings. The lowest BCUT2D eigenvalue weighted by molar-refractivity contribution is 0.0688. The number of aromatic carboxylic acids is 1. The normalized spacial score (nSPS) is 10.7. The Kier molecular flexibility index (Phi) is 4.95. The Balaban J connectivity index is 2.20. The molecule has 0 unspecified atom stereocenters. The number of hydrogen-bond donors (Lipinski definition) is 1. The molecule has 1 N–H and O–H groups in total.